The van der Waals surface area contributed by atoms with Crippen LogP contribution >= 0.6 is 11.3 Å². The van der Waals surface area contributed by atoms with Gasteiger partial charge in [-0.25, -0.2) is 0 Å². The van der Waals surface area contributed by atoms with Crippen molar-refractivity contribution in [3.8, 4) is 0 Å². The molecule has 0 spiro atoms. The molecular formula is C14H23N3OS. The van der Waals surface area contributed by atoms with Crippen LogP contribution in [0.3, 0.4) is 0 Å². The van der Waals surface area contributed by atoms with E-state index in [1.165, 1.54) is 4.88 Å². The van der Waals surface area contributed by atoms with Gasteiger partial charge in [-0.1, -0.05) is 12.5 Å². The van der Waals surface area contributed by atoms with Crippen molar-refractivity contribution >= 4 is 17.2 Å². The van der Waals surface area contributed by atoms with Gasteiger partial charge in [-0.05, 0) is 37.8 Å². The Morgan fingerprint density at radius 1 is 1.58 bits per heavy atom. The van der Waals surface area contributed by atoms with Crippen LogP contribution in [-0.2, 0) is 4.79 Å². The Labute approximate surface area is 119 Å². The first kappa shape index (κ1) is 14.5. The summed E-state index contributed by atoms with van der Waals surface area (Å²) in [6.45, 7) is 2.97. The fourth-order valence-corrected chi connectivity index (χ4v) is 3.88. The topological polar surface area (TPSA) is 58.4 Å². The molecule has 0 saturated carbocycles. The van der Waals surface area contributed by atoms with Crippen molar-refractivity contribution in [1.82, 2.24) is 10.2 Å². The fourth-order valence-electron chi connectivity index (χ4n) is 2.92. The predicted octanol–water partition coefficient (Wildman–Crippen LogP) is 1.74. The molecule has 1 saturated heterocycles. The first-order valence-electron chi connectivity index (χ1n) is 6.91. The highest BCUT2D eigenvalue weighted by Gasteiger charge is 2.35. The third-order valence-corrected chi connectivity index (χ3v) is 4.73. The molecule has 3 N–H and O–H groups in total. The normalized spacial score (nSPS) is 23.8. The van der Waals surface area contributed by atoms with E-state index in [2.05, 4.69) is 21.7 Å². The molecule has 0 aliphatic carbocycles. The van der Waals surface area contributed by atoms with Crippen LogP contribution in [0.1, 0.15) is 37.1 Å². The zero-order chi connectivity index (χ0) is 13.8. The predicted molar refractivity (Wildman–Crippen MR) is 79.1 cm³/mol. The van der Waals surface area contributed by atoms with Crippen molar-refractivity contribution in [3.63, 3.8) is 0 Å². The van der Waals surface area contributed by atoms with Crippen LogP contribution in [0, 0.1) is 0 Å². The van der Waals surface area contributed by atoms with Crippen LogP contribution in [0.25, 0.3) is 0 Å². The first-order valence-corrected chi connectivity index (χ1v) is 7.79. The molecule has 0 bridgehead atoms. The minimum atomic E-state index is -0.0446. The van der Waals surface area contributed by atoms with Gasteiger partial charge in [0.25, 0.3) is 0 Å². The number of carbonyl (C=O) groups is 1. The van der Waals surface area contributed by atoms with E-state index in [-0.39, 0.29) is 24.0 Å². The lowest BCUT2D eigenvalue weighted by molar-refractivity contribution is -0.128. The number of hydrogen-bond donors (Lipinski definition) is 2. The van der Waals surface area contributed by atoms with E-state index < -0.39 is 0 Å². The Kier molecular flexibility index (Phi) is 4.96. The molecule has 19 heavy (non-hydrogen) atoms. The molecule has 1 aromatic rings. The highest BCUT2D eigenvalue weighted by Crippen LogP contribution is 2.32. The molecule has 2 heterocycles. The van der Waals surface area contributed by atoms with E-state index >= 15 is 0 Å². The molecule has 1 aromatic heterocycles. The van der Waals surface area contributed by atoms with Gasteiger partial charge in [-0.15, -0.1) is 11.3 Å². The van der Waals surface area contributed by atoms with Crippen LogP contribution < -0.4 is 11.1 Å². The molecule has 1 amide bonds. The molecule has 1 aliphatic heterocycles. The van der Waals surface area contributed by atoms with E-state index in [1.54, 1.807) is 18.4 Å². The quantitative estimate of drug-likeness (QED) is 0.884. The fraction of sp³-hybridized carbons (Fsp3) is 0.643. The summed E-state index contributed by atoms with van der Waals surface area (Å²) in [6.07, 6.45) is 3.18. The van der Waals surface area contributed by atoms with E-state index in [0.717, 1.165) is 25.8 Å². The van der Waals surface area contributed by atoms with E-state index in [0.29, 0.717) is 0 Å². The van der Waals surface area contributed by atoms with E-state index in [4.69, 9.17) is 5.73 Å². The third kappa shape index (κ3) is 3.16. The van der Waals surface area contributed by atoms with Crippen LogP contribution in [0.4, 0.5) is 0 Å². The van der Waals surface area contributed by atoms with Crippen LogP contribution in [0.15, 0.2) is 17.5 Å². The summed E-state index contributed by atoms with van der Waals surface area (Å²) in [4.78, 5) is 15.6. The number of nitrogens with zero attached hydrogens (tertiary/aromatic N) is 1. The lowest BCUT2D eigenvalue weighted by atomic mass is 9.96. The second-order valence-corrected chi connectivity index (χ2v) is 6.16. The molecule has 0 aromatic carbocycles. The zero-order valence-corrected chi connectivity index (χ0v) is 12.5. The SMILES string of the molecule is CNC(=O)C1CCCCN1C(c1cccs1)C(C)N. The summed E-state index contributed by atoms with van der Waals surface area (Å²) in [5.41, 5.74) is 6.20. The Morgan fingerprint density at radius 2 is 2.37 bits per heavy atom. The first-order chi connectivity index (χ1) is 9.15. The maximum Gasteiger partial charge on any atom is 0.237 e. The van der Waals surface area contributed by atoms with Gasteiger partial charge in [0.05, 0.1) is 12.1 Å². The number of likely N-dealkylation sites (N-methyl/N-ethyl adjacent to an activating group) is 1. The molecule has 1 aliphatic rings. The molecule has 1 fully saturated rings. The zero-order valence-electron chi connectivity index (χ0n) is 11.6. The van der Waals surface area contributed by atoms with Gasteiger partial charge in [-0.2, -0.15) is 0 Å². The molecule has 3 unspecified atom stereocenters. The maximum atomic E-state index is 12.1. The summed E-state index contributed by atoms with van der Waals surface area (Å²) in [5.74, 6) is 0.113. The number of piperidine rings is 1. The maximum absolute atomic E-state index is 12.1. The van der Waals surface area contributed by atoms with Gasteiger partial charge in [0.15, 0.2) is 0 Å². The average molecular weight is 281 g/mol. The van der Waals surface area contributed by atoms with Crippen molar-refractivity contribution in [1.29, 1.82) is 0 Å². The smallest absolute Gasteiger partial charge is 0.237 e. The number of hydrogen-bond acceptors (Lipinski definition) is 4. The van der Waals surface area contributed by atoms with Crippen molar-refractivity contribution in [2.24, 2.45) is 5.73 Å². The number of amides is 1. The standard InChI is InChI=1S/C14H23N3OS/c1-10(15)13(12-7-5-9-19-12)17-8-4-3-6-11(17)14(18)16-2/h5,7,9-11,13H,3-4,6,8,15H2,1-2H3,(H,16,18). The number of nitrogens with one attached hydrogen (secondary N) is 1. The Hall–Kier alpha value is -0.910. The van der Waals surface area contributed by atoms with Gasteiger partial charge < -0.3 is 11.1 Å². The van der Waals surface area contributed by atoms with Crippen molar-refractivity contribution in [2.75, 3.05) is 13.6 Å². The lowest BCUT2D eigenvalue weighted by Crippen LogP contribution is -2.53. The van der Waals surface area contributed by atoms with Gasteiger partial charge in [-0.3, -0.25) is 9.69 Å². The average Bonchev–Trinajstić information content (AvgIpc) is 2.92. The van der Waals surface area contributed by atoms with Crippen molar-refractivity contribution in [2.45, 2.75) is 44.3 Å². The van der Waals surface area contributed by atoms with Gasteiger partial charge >= 0.3 is 0 Å². The molecule has 2 rings (SSSR count). The number of carbonyl (C=O) groups excluding carboxylic acids is 1. The third-order valence-electron chi connectivity index (χ3n) is 3.78. The molecular weight excluding hydrogens is 258 g/mol. The number of rotatable bonds is 4. The van der Waals surface area contributed by atoms with Crippen molar-refractivity contribution in [3.05, 3.63) is 22.4 Å². The highest BCUT2D eigenvalue weighted by atomic mass is 32.1. The molecule has 3 atom stereocenters. The highest BCUT2D eigenvalue weighted by molar-refractivity contribution is 7.10. The molecule has 0 radical (unpaired) electrons. The lowest BCUT2D eigenvalue weighted by Gasteiger charge is -2.41. The minimum absolute atomic E-state index is 0.0175. The second-order valence-electron chi connectivity index (χ2n) is 5.18. The van der Waals surface area contributed by atoms with E-state index in [1.807, 2.05) is 13.0 Å². The number of nitrogens with two attached hydrogens (primary N) is 1. The monoisotopic (exact) mass is 281 g/mol. The van der Waals surface area contributed by atoms with Crippen molar-refractivity contribution < 1.29 is 4.79 Å². The number of thiophene rings is 1. The Morgan fingerprint density at radius 3 is 2.95 bits per heavy atom. The van der Waals surface area contributed by atoms with E-state index in [9.17, 15) is 4.79 Å². The molecule has 5 heteroatoms. The van der Waals surface area contributed by atoms with Gasteiger partial charge in [0.2, 0.25) is 5.91 Å². The Bertz CT molecular complexity index is 405. The number of likely N-dealkylation sites (tertiary alicyclic amines) is 1. The summed E-state index contributed by atoms with van der Waals surface area (Å²) < 4.78 is 0. The molecule has 4 nitrogen and oxygen atoms in total. The summed E-state index contributed by atoms with van der Waals surface area (Å²) in [5, 5.41) is 4.86. The van der Waals surface area contributed by atoms with Gasteiger partial charge in [0, 0.05) is 18.0 Å². The minimum Gasteiger partial charge on any atom is -0.358 e. The summed E-state index contributed by atoms with van der Waals surface area (Å²) in [6, 6.07) is 4.28. The van der Waals surface area contributed by atoms with Crippen LogP contribution in [0.5, 0.6) is 0 Å². The molecule has 106 valence electrons. The largest absolute Gasteiger partial charge is 0.358 e. The second kappa shape index (κ2) is 6.50. The van der Waals surface area contributed by atoms with Gasteiger partial charge in [0.1, 0.15) is 0 Å². The van der Waals surface area contributed by atoms with Crippen LogP contribution in [-0.4, -0.2) is 36.5 Å². The summed E-state index contributed by atoms with van der Waals surface area (Å²) >= 11 is 1.72. The summed E-state index contributed by atoms with van der Waals surface area (Å²) in [7, 11) is 1.71. The Balaban J connectivity index is 2.25. The van der Waals surface area contributed by atoms with Crippen LogP contribution in [0.2, 0.25) is 0 Å².